The van der Waals surface area contributed by atoms with Gasteiger partial charge in [0.05, 0.1) is 19.4 Å². The molecular formula is C17H34ClO3P. The highest BCUT2D eigenvalue weighted by Gasteiger charge is 2.29. The normalized spacial score (nSPS) is 25.3. The second-order valence-corrected chi connectivity index (χ2v) is 9.66. The second kappa shape index (κ2) is 11.1. The lowest BCUT2D eigenvalue weighted by atomic mass is 9.89. The first kappa shape index (κ1) is 20.5. The molecule has 132 valence electrons. The molecule has 1 saturated carbocycles. The maximum atomic E-state index is 12.9. The average molecular weight is 353 g/mol. The van der Waals surface area contributed by atoms with Crippen LogP contribution >= 0.6 is 19.2 Å². The minimum atomic E-state index is -2.95. The van der Waals surface area contributed by atoms with Crippen LogP contribution in [0.1, 0.15) is 72.1 Å². The van der Waals surface area contributed by atoms with Gasteiger partial charge in [-0.3, -0.25) is 4.57 Å². The van der Waals surface area contributed by atoms with E-state index < -0.39 is 7.60 Å². The maximum absolute atomic E-state index is 12.9. The molecule has 22 heavy (non-hydrogen) atoms. The van der Waals surface area contributed by atoms with E-state index in [0.29, 0.717) is 31.2 Å². The van der Waals surface area contributed by atoms with Gasteiger partial charge in [-0.15, -0.1) is 11.6 Å². The Morgan fingerprint density at radius 2 is 1.91 bits per heavy atom. The summed E-state index contributed by atoms with van der Waals surface area (Å²) in [5, 5.41) is 0.161. The number of alkyl halides is 1. The molecule has 1 fully saturated rings. The van der Waals surface area contributed by atoms with Crippen LogP contribution < -0.4 is 0 Å². The Balaban J connectivity index is 2.41. The van der Waals surface area contributed by atoms with E-state index in [-0.39, 0.29) is 5.38 Å². The first-order valence-electron chi connectivity index (χ1n) is 8.99. The van der Waals surface area contributed by atoms with Crippen LogP contribution in [-0.4, -0.2) is 24.8 Å². The average Bonchev–Trinajstić information content (AvgIpc) is 2.49. The monoisotopic (exact) mass is 352 g/mol. The minimum absolute atomic E-state index is 0.161. The largest absolute Gasteiger partial charge is 0.330 e. The summed E-state index contributed by atoms with van der Waals surface area (Å²) in [6.07, 6.45) is 8.99. The van der Waals surface area contributed by atoms with Gasteiger partial charge in [-0.25, -0.2) is 0 Å². The topological polar surface area (TPSA) is 35.5 Å². The van der Waals surface area contributed by atoms with Crippen molar-refractivity contribution in [3.05, 3.63) is 0 Å². The van der Waals surface area contributed by atoms with Gasteiger partial charge in [0, 0.05) is 5.38 Å². The fraction of sp³-hybridized carbons (Fsp3) is 1.00. The van der Waals surface area contributed by atoms with Gasteiger partial charge in [-0.2, -0.15) is 0 Å². The zero-order chi connectivity index (χ0) is 16.4. The zero-order valence-corrected chi connectivity index (χ0v) is 16.2. The Kier molecular flexibility index (Phi) is 10.3. The Hall–Kier alpha value is 0.440. The van der Waals surface area contributed by atoms with Gasteiger partial charge in [0.2, 0.25) is 0 Å². The number of hydrogen-bond donors (Lipinski definition) is 0. The third-order valence-corrected chi connectivity index (χ3v) is 6.86. The predicted octanol–water partition coefficient (Wildman–Crippen LogP) is 6.25. The molecule has 0 bridgehead atoms. The second-order valence-electron chi connectivity index (χ2n) is 6.91. The molecule has 0 N–H and O–H groups in total. The third kappa shape index (κ3) is 8.34. The van der Waals surface area contributed by atoms with Gasteiger partial charge in [0.25, 0.3) is 0 Å². The van der Waals surface area contributed by atoms with E-state index in [0.717, 1.165) is 38.5 Å². The Morgan fingerprint density at radius 3 is 2.55 bits per heavy atom. The molecule has 0 aliphatic heterocycles. The van der Waals surface area contributed by atoms with E-state index in [1.54, 1.807) is 0 Å². The fourth-order valence-corrected chi connectivity index (χ4v) is 4.99. The molecule has 1 aliphatic rings. The molecule has 1 aliphatic carbocycles. The van der Waals surface area contributed by atoms with Crippen molar-refractivity contribution in [1.82, 2.24) is 0 Å². The SMILES string of the molecule is CCCCP(=O)(OCCCC(C)C)OCC1CCCCC1Cl. The first-order valence-corrected chi connectivity index (χ1v) is 11.2. The predicted molar refractivity (Wildman–Crippen MR) is 95.0 cm³/mol. The van der Waals surface area contributed by atoms with Crippen LogP contribution in [0, 0.1) is 11.8 Å². The molecule has 0 heterocycles. The van der Waals surface area contributed by atoms with E-state index >= 15 is 0 Å². The van der Waals surface area contributed by atoms with Crippen LogP contribution in [0.2, 0.25) is 0 Å². The van der Waals surface area contributed by atoms with E-state index in [1.165, 1.54) is 12.8 Å². The third-order valence-electron chi connectivity index (χ3n) is 4.30. The molecule has 0 aromatic heterocycles. The summed E-state index contributed by atoms with van der Waals surface area (Å²) in [6.45, 7) is 7.50. The van der Waals surface area contributed by atoms with Crippen molar-refractivity contribution in [2.24, 2.45) is 11.8 Å². The standard InChI is InChI=1S/C17H34ClO3P/c1-4-5-13-22(19,20-12-8-9-15(2)3)21-14-16-10-6-7-11-17(16)18/h15-17H,4-14H2,1-3H3. The maximum Gasteiger partial charge on any atom is 0.330 e. The van der Waals surface area contributed by atoms with Crippen LogP contribution in [0.3, 0.4) is 0 Å². The van der Waals surface area contributed by atoms with Gasteiger partial charge in [0.15, 0.2) is 0 Å². The highest BCUT2D eigenvalue weighted by Crippen LogP contribution is 2.50. The van der Waals surface area contributed by atoms with E-state index in [2.05, 4.69) is 20.8 Å². The van der Waals surface area contributed by atoms with Gasteiger partial charge in [-0.05, 0) is 43.9 Å². The first-order chi connectivity index (χ1) is 10.5. The lowest BCUT2D eigenvalue weighted by molar-refractivity contribution is 0.160. The molecule has 0 spiro atoms. The lowest BCUT2D eigenvalue weighted by Gasteiger charge is -2.28. The fourth-order valence-electron chi connectivity index (χ4n) is 2.77. The Morgan fingerprint density at radius 1 is 1.18 bits per heavy atom. The zero-order valence-electron chi connectivity index (χ0n) is 14.6. The van der Waals surface area contributed by atoms with Gasteiger partial charge < -0.3 is 9.05 Å². The summed E-state index contributed by atoms with van der Waals surface area (Å²) in [5.74, 6) is 0.975. The van der Waals surface area contributed by atoms with Crippen LogP contribution in [0.4, 0.5) is 0 Å². The number of halogens is 1. The molecule has 0 radical (unpaired) electrons. The van der Waals surface area contributed by atoms with Crippen molar-refractivity contribution in [1.29, 1.82) is 0 Å². The van der Waals surface area contributed by atoms with Crippen molar-refractivity contribution < 1.29 is 13.6 Å². The van der Waals surface area contributed by atoms with Crippen molar-refractivity contribution in [3.8, 4) is 0 Å². The molecule has 0 aromatic rings. The summed E-state index contributed by atoms with van der Waals surface area (Å²) >= 11 is 6.37. The van der Waals surface area contributed by atoms with Crippen LogP contribution in [0.25, 0.3) is 0 Å². The molecule has 3 atom stereocenters. The summed E-state index contributed by atoms with van der Waals surface area (Å²) in [5.41, 5.74) is 0. The molecule has 0 amide bonds. The molecule has 0 aromatic carbocycles. The molecule has 0 saturated heterocycles. The van der Waals surface area contributed by atoms with Crippen LogP contribution in [0.15, 0.2) is 0 Å². The Labute approximate surface area is 142 Å². The van der Waals surface area contributed by atoms with Crippen LogP contribution in [0.5, 0.6) is 0 Å². The minimum Gasteiger partial charge on any atom is -0.309 e. The van der Waals surface area contributed by atoms with Gasteiger partial charge in [0.1, 0.15) is 0 Å². The van der Waals surface area contributed by atoms with E-state index in [9.17, 15) is 4.57 Å². The van der Waals surface area contributed by atoms with Crippen molar-refractivity contribution >= 4 is 19.2 Å². The summed E-state index contributed by atoms with van der Waals surface area (Å²) < 4.78 is 24.4. The number of unbranched alkanes of at least 4 members (excludes halogenated alkanes) is 1. The molecule has 1 rings (SSSR count). The molecule has 3 unspecified atom stereocenters. The smallest absolute Gasteiger partial charge is 0.309 e. The van der Waals surface area contributed by atoms with Crippen LogP contribution in [-0.2, 0) is 13.6 Å². The highest BCUT2D eigenvalue weighted by atomic mass is 35.5. The molecular weight excluding hydrogens is 319 g/mol. The summed E-state index contributed by atoms with van der Waals surface area (Å²) in [6, 6.07) is 0. The molecule has 5 heteroatoms. The van der Waals surface area contributed by atoms with Gasteiger partial charge >= 0.3 is 7.60 Å². The van der Waals surface area contributed by atoms with Crippen molar-refractivity contribution in [2.45, 2.75) is 77.5 Å². The van der Waals surface area contributed by atoms with Crippen molar-refractivity contribution in [3.63, 3.8) is 0 Å². The van der Waals surface area contributed by atoms with E-state index in [4.69, 9.17) is 20.6 Å². The highest BCUT2D eigenvalue weighted by molar-refractivity contribution is 7.53. The quantitative estimate of drug-likeness (QED) is 0.250. The Bertz CT molecular complexity index is 336. The number of rotatable bonds is 11. The summed E-state index contributed by atoms with van der Waals surface area (Å²) in [7, 11) is -2.95. The summed E-state index contributed by atoms with van der Waals surface area (Å²) in [4.78, 5) is 0. The van der Waals surface area contributed by atoms with Gasteiger partial charge in [-0.1, -0.05) is 40.0 Å². The lowest BCUT2D eigenvalue weighted by Crippen LogP contribution is -2.24. The van der Waals surface area contributed by atoms with E-state index in [1.807, 2.05) is 0 Å². The number of hydrogen-bond acceptors (Lipinski definition) is 3. The van der Waals surface area contributed by atoms with Crippen molar-refractivity contribution in [2.75, 3.05) is 19.4 Å². The molecule has 3 nitrogen and oxygen atoms in total.